The van der Waals surface area contributed by atoms with Crippen LogP contribution in [0.15, 0.2) is 17.2 Å². The van der Waals surface area contributed by atoms with Gasteiger partial charge >= 0.3 is 5.69 Å². The van der Waals surface area contributed by atoms with E-state index in [0.29, 0.717) is 6.54 Å². The summed E-state index contributed by atoms with van der Waals surface area (Å²) >= 11 is 0. The lowest BCUT2D eigenvalue weighted by Crippen LogP contribution is -2.30. The van der Waals surface area contributed by atoms with Crippen molar-refractivity contribution in [3.63, 3.8) is 0 Å². The molecule has 0 aliphatic rings. The molecular weight excluding hydrogens is 242 g/mol. The van der Waals surface area contributed by atoms with Crippen molar-refractivity contribution in [2.45, 2.75) is 46.2 Å². The Bertz CT molecular complexity index is 384. The van der Waals surface area contributed by atoms with Crippen molar-refractivity contribution in [1.82, 2.24) is 14.5 Å². The molecule has 110 valence electrons. The van der Waals surface area contributed by atoms with Gasteiger partial charge < -0.3 is 10.1 Å². The smallest absolute Gasteiger partial charge is 0.328 e. The minimum Gasteiger partial charge on any atom is -0.380 e. The Balaban J connectivity index is 2.11. The van der Waals surface area contributed by atoms with Crippen LogP contribution < -0.4 is 11.0 Å². The van der Waals surface area contributed by atoms with Crippen LogP contribution in [0.4, 0.5) is 0 Å². The molecule has 1 rings (SSSR count). The molecule has 1 N–H and O–H groups in total. The molecule has 0 radical (unpaired) electrons. The van der Waals surface area contributed by atoms with Gasteiger partial charge in [0.15, 0.2) is 0 Å². The lowest BCUT2D eigenvalue weighted by atomic mass is 10.4. The van der Waals surface area contributed by atoms with E-state index in [9.17, 15) is 4.79 Å². The van der Waals surface area contributed by atoms with Crippen molar-refractivity contribution in [3.05, 3.63) is 22.9 Å². The second kappa shape index (κ2) is 9.81. The number of hydrogen-bond acceptors (Lipinski definition) is 3. The number of nitrogens with one attached hydrogen (secondary N) is 1. The third kappa shape index (κ3) is 6.07. The maximum Gasteiger partial charge on any atom is 0.328 e. The van der Waals surface area contributed by atoms with E-state index in [-0.39, 0.29) is 5.69 Å². The highest BCUT2D eigenvalue weighted by Crippen LogP contribution is 1.88. The summed E-state index contributed by atoms with van der Waals surface area (Å²) in [6.07, 6.45) is 7.00. The molecule has 0 fully saturated rings. The molecule has 1 aromatic heterocycles. The highest BCUT2D eigenvalue weighted by Gasteiger charge is 2.01. The number of aryl methyl sites for hydroxylation is 1. The number of hydrogen-bond donors (Lipinski definition) is 1. The minimum absolute atomic E-state index is 0.0860. The van der Waals surface area contributed by atoms with Crippen molar-refractivity contribution in [1.29, 1.82) is 0 Å². The molecule has 0 atom stereocenters. The normalized spacial score (nSPS) is 11.1. The Labute approximate surface area is 115 Å². The second-order valence-corrected chi connectivity index (χ2v) is 4.68. The fraction of sp³-hybridized carbons (Fsp3) is 0.786. The lowest BCUT2D eigenvalue weighted by Gasteiger charge is -2.06. The number of nitrogens with zero attached hydrogens (tertiary/aromatic N) is 2. The SMILES string of the molecule is CCCCOCCNCCn1ccn(CCC)c1=O. The average Bonchev–Trinajstić information content (AvgIpc) is 2.75. The summed E-state index contributed by atoms with van der Waals surface area (Å²) in [6, 6.07) is 0. The van der Waals surface area contributed by atoms with Crippen LogP contribution in [0.2, 0.25) is 0 Å². The van der Waals surface area contributed by atoms with Gasteiger partial charge in [-0.05, 0) is 12.8 Å². The molecule has 0 unspecified atom stereocenters. The first-order valence-corrected chi connectivity index (χ1v) is 7.33. The number of rotatable bonds is 11. The second-order valence-electron chi connectivity index (χ2n) is 4.68. The predicted octanol–water partition coefficient (Wildman–Crippen LogP) is 1.47. The monoisotopic (exact) mass is 269 g/mol. The Hall–Kier alpha value is -1.07. The topological polar surface area (TPSA) is 48.2 Å². The Morgan fingerprint density at radius 2 is 1.79 bits per heavy atom. The van der Waals surface area contributed by atoms with Gasteiger partial charge in [0.1, 0.15) is 0 Å². The van der Waals surface area contributed by atoms with Crippen LogP contribution in [0.25, 0.3) is 0 Å². The van der Waals surface area contributed by atoms with E-state index in [4.69, 9.17) is 4.74 Å². The summed E-state index contributed by atoms with van der Waals surface area (Å²) in [6.45, 7) is 8.97. The summed E-state index contributed by atoms with van der Waals surface area (Å²) in [5, 5.41) is 3.29. The number of unbranched alkanes of at least 4 members (excludes halogenated alkanes) is 1. The van der Waals surface area contributed by atoms with Gasteiger partial charge in [0.05, 0.1) is 6.61 Å². The summed E-state index contributed by atoms with van der Waals surface area (Å²) in [5.41, 5.74) is 0.0860. The summed E-state index contributed by atoms with van der Waals surface area (Å²) in [5.74, 6) is 0. The molecule has 0 spiro atoms. The van der Waals surface area contributed by atoms with Crippen molar-refractivity contribution >= 4 is 0 Å². The van der Waals surface area contributed by atoms with E-state index >= 15 is 0 Å². The zero-order valence-electron chi connectivity index (χ0n) is 12.2. The van der Waals surface area contributed by atoms with Crippen LogP contribution in [0.5, 0.6) is 0 Å². The minimum atomic E-state index is 0.0860. The van der Waals surface area contributed by atoms with Gasteiger partial charge in [0.25, 0.3) is 0 Å². The third-order valence-corrected chi connectivity index (χ3v) is 2.98. The molecule has 19 heavy (non-hydrogen) atoms. The fourth-order valence-electron chi connectivity index (χ4n) is 1.85. The van der Waals surface area contributed by atoms with Crippen LogP contribution in [0.1, 0.15) is 33.1 Å². The molecule has 0 aliphatic heterocycles. The molecule has 5 heteroatoms. The van der Waals surface area contributed by atoms with Gasteiger partial charge in [-0.25, -0.2) is 4.79 Å². The molecular formula is C14H27N3O2. The molecule has 0 saturated carbocycles. The Kier molecular flexibility index (Phi) is 8.25. The molecule has 0 amide bonds. The first kappa shape index (κ1) is 16.0. The largest absolute Gasteiger partial charge is 0.380 e. The first-order valence-electron chi connectivity index (χ1n) is 7.33. The Morgan fingerprint density at radius 3 is 2.47 bits per heavy atom. The van der Waals surface area contributed by atoms with Gasteiger partial charge in [-0.3, -0.25) is 9.13 Å². The van der Waals surface area contributed by atoms with Gasteiger partial charge in [-0.1, -0.05) is 20.3 Å². The van der Waals surface area contributed by atoms with Gasteiger partial charge in [-0.2, -0.15) is 0 Å². The van der Waals surface area contributed by atoms with Crippen LogP contribution in [-0.4, -0.2) is 35.4 Å². The molecule has 0 aliphatic carbocycles. The molecule has 0 bridgehead atoms. The van der Waals surface area contributed by atoms with E-state index in [1.165, 1.54) is 6.42 Å². The maximum absolute atomic E-state index is 11.9. The first-order chi connectivity index (χ1) is 9.29. The van der Waals surface area contributed by atoms with Crippen molar-refractivity contribution in [3.8, 4) is 0 Å². The van der Waals surface area contributed by atoms with Crippen molar-refractivity contribution < 1.29 is 4.74 Å². The van der Waals surface area contributed by atoms with Crippen LogP contribution in [0, 0.1) is 0 Å². The van der Waals surface area contributed by atoms with Crippen LogP contribution in [-0.2, 0) is 17.8 Å². The van der Waals surface area contributed by atoms with E-state index in [0.717, 1.165) is 45.7 Å². The molecule has 5 nitrogen and oxygen atoms in total. The standard InChI is InChI=1S/C14H27N3O2/c1-3-5-12-19-13-7-15-6-9-17-11-10-16(8-4-2)14(17)18/h10-11,15H,3-9,12-13H2,1-2H3. The zero-order chi connectivity index (χ0) is 13.9. The summed E-state index contributed by atoms with van der Waals surface area (Å²) in [4.78, 5) is 11.9. The zero-order valence-corrected chi connectivity index (χ0v) is 12.2. The molecule has 1 aromatic rings. The van der Waals surface area contributed by atoms with Crippen molar-refractivity contribution in [2.75, 3.05) is 26.3 Å². The van der Waals surface area contributed by atoms with E-state index in [2.05, 4.69) is 19.2 Å². The van der Waals surface area contributed by atoms with E-state index in [1.54, 1.807) is 9.13 Å². The summed E-state index contributed by atoms with van der Waals surface area (Å²) in [7, 11) is 0. The molecule has 0 aromatic carbocycles. The van der Waals surface area contributed by atoms with Crippen LogP contribution >= 0.6 is 0 Å². The Morgan fingerprint density at radius 1 is 1.05 bits per heavy atom. The summed E-state index contributed by atoms with van der Waals surface area (Å²) < 4.78 is 8.96. The molecule has 1 heterocycles. The number of imidazole rings is 1. The van der Waals surface area contributed by atoms with Gasteiger partial charge in [-0.15, -0.1) is 0 Å². The quantitative estimate of drug-likeness (QED) is 0.619. The van der Waals surface area contributed by atoms with Crippen molar-refractivity contribution in [2.24, 2.45) is 0 Å². The highest BCUT2D eigenvalue weighted by molar-refractivity contribution is 4.81. The lowest BCUT2D eigenvalue weighted by molar-refractivity contribution is 0.133. The van der Waals surface area contributed by atoms with Gasteiger partial charge in [0, 0.05) is 45.2 Å². The average molecular weight is 269 g/mol. The highest BCUT2D eigenvalue weighted by atomic mass is 16.5. The third-order valence-electron chi connectivity index (χ3n) is 2.98. The van der Waals surface area contributed by atoms with E-state index < -0.39 is 0 Å². The fourth-order valence-corrected chi connectivity index (χ4v) is 1.85. The molecule has 0 saturated heterocycles. The number of aromatic nitrogens is 2. The predicted molar refractivity (Wildman–Crippen MR) is 77.6 cm³/mol. The maximum atomic E-state index is 11.9. The van der Waals surface area contributed by atoms with Crippen LogP contribution in [0.3, 0.4) is 0 Å². The van der Waals surface area contributed by atoms with E-state index in [1.807, 2.05) is 12.4 Å². The van der Waals surface area contributed by atoms with Gasteiger partial charge in [0.2, 0.25) is 0 Å². The number of ether oxygens (including phenoxy) is 1.